The summed E-state index contributed by atoms with van der Waals surface area (Å²) in [6.45, 7) is 5.73. The summed E-state index contributed by atoms with van der Waals surface area (Å²) in [5, 5.41) is 0. The summed E-state index contributed by atoms with van der Waals surface area (Å²) in [6.07, 6.45) is -0.829. The molecule has 0 radical (unpaired) electrons. The van der Waals surface area contributed by atoms with E-state index in [1.165, 1.54) is 11.8 Å². The number of ketones is 1. The second-order valence-corrected chi connectivity index (χ2v) is 7.86. The first-order valence-electron chi connectivity index (χ1n) is 9.20. The van der Waals surface area contributed by atoms with Gasteiger partial charge in [-0.05, 0) is 50.1 Å². The van der Waals surface area contributed by atoms with Crippen molar-refractivity contribution in [2.24, 2.45) is 0 Å². The number of hydrogen-bond acceptors (Lipinski definition) is 5. The van der Waals surface area contributed by atoms with Crippen LogP contribution in [0.1, 0.15) is 34.8 Å². The predicted molar refractivity (Wildman–Crippen MR) is 110 cm³/mol. The number of thioether (sulfide) groups is 1. The molecule has 1 aliphatic rings. The highest BCUT2D eigenvalue weighted by molar-refractivity contribution is 8.00. The van der Waals surface area contributed by atoms with E-state index < -0.39 is 12.1 Å². The number of fused-ring (bicyclic) bond motifs is 1. The van der Waals surface area contributed by atoms with E-state index in [0.717, 1.165) is 21.7 Å². The number of anilines is 1. The van der Waals surface area contributed by atoms with Crippen molar-refractivity contribution >= 4 is 35.1 Å². The van der Waals surface area contributed by atoms with Gasteiger partial charge in [-0.2, -0.15) is 0 Å². The number of nitrogens with zero attached hydrogens (tertiary/aromatic N) is 1. The van der Waals surface area contributed by atoms with Crippen LogP contribution >= 0.6 is 11.8 Å². The van der Waals surface area contributed by atoms with Crippen LogP contribution in [0.25, 0.3) is 0 Å². The summed E-state index contributed by atoms with van der Waals surface area (Å²) in [7, 11) is 0. The van der Waals surface area contributed by atoms with Crippen LogP contribution in [0.4, 0.5) is 5.69 Å². The van der Waals surface area contributed by atoms with Crippen LogP contribution in [-0.2, 0) is 14.3 Å². The lowest BCUT2D eigenvalue weighted by atomic mass is 10.0. The van der Waals surface area contributed by atoms with Crippen LogP contribution in [0.2, 0.25) is 0 Å². The highest BCUT2D eigenvalue weighted by Gasteiger charge is 2.26. The molecule has 1 aliphatic heterocycles. The van der Waals surface area contributed by atoms with Crippen molar-refractivity contribution in [3.05, 3.63) is 59.2 Å². The molecule has 2 aromatic rings. The average Bonchev–Trinajstić information content (AvgIpc) is 2.68. The molecule has 6 heteroatoms. The lowest BCUT2D eigenvalue weighted by Crippen LogP contribution is -2.37. The maximum atomic E-state index is 12.5. The molecule has 0 bridgehead atoms. The van der Waals surface area contributed by atoms with E-state index in [1.807, 2.05) is 50.2 Å². The van der Waals surface area contributed by atoms with Crippen molar-refractivity contribution in [1.82, 2.24) is 0 Å². The predicted octanol–water partition coefficient (Wildman–Crippen LogP) is 3.95. The van der Waals surface area contributed by atoms with E-state index in [1.54, 1.807) is 17.9 Å². The van der Waals surface area contributed by atoms with Gasteiger partial charge in [0, 0.05) is 17.0 Å². The number of hydrogen-bond donors (Lipinski definition) is 0. The van der Waals surface area contributed by atoms with E-state index in [9.17, 15) is 14.4 Å². The molecule has 2 aromatic carbocycles. The zero-order valence-electron chi connectivity index (χ0n) is 16.2. The largest absolute Gasteiger partial charge is 0.454 e. The number of amides is 1. The zero-order chi connectivity index (χ0) is 20.3. The summed E-state index contributed by atoms with van der Waals surface area (Å²) in [5.74, 6) is -0.399. The third-order valence-corrected chi connectivity index (χ3v) is 5.86. The average molecular weight is 397 g/mol. The number of aryl methyl sites for hydroxylation is 2. The molecule has 0 spiro atoms. The summed E-state index contributed by atoms with van der Waals surface area (Å²) < 4.78 is 5.32. The van der Waals surface area contributed by atoms with Gasteiger partial charge in [-0.15, -0.1) is 11.8 Å². The first kappa shape index (κ1) is 20.1. The van der Waals surface area contributed by atoms with Gasteiger partial charge in [-0.3, -0.25) is 14.4 Å². The minimum absolute atomic E-state index is 0.0317. The van der Waals surface area contributed by atoms with Crippen LogP contribution in [0.3, 0.4) is 0 Å². The Hall–Kier alpha value is -2.60. The maximum Gasteiger partial charge on any atom is 0.308 e. The van der Waals surface area contributed by atoms with Crippen LogP contribution in [0.5, 0.6) is 0 Å². The van der Waals surface area contributed by atoms with Crippen molar-refractivity contribution in [2.75, 3.05) is 17.2 Å². The normalized spacial score (nSPS) is 14.4. The van der Waals surface area contributed by atoms with Crippen LogP contribution in [-0.4, -0.2) is 36.1 Å². The molecule has 3 rings (SSSR count). The summed E-state index contributed by atoms with van der Waals surface area (Å²) in [4.78, 5) is 39.7. The van der Waals surface area contributed by atoms with Gasteiger partial charge in [0.15, 0.2) is 6.10 Å². The Morgan fingerprint density at radius 2 is 1.89 bits per heavy atom. The van der Waals surface area contributed by atoms with E-state index in [2.05, 4.69) is 0 Å². The van der Waals surface area contributed by atoms with Gasteiger partial charge in [0.05, 0.1) is 17.9 Å². The zero-order valence-corrected chi connectivity index (χ0v) is 17.0. The van der Waals surface area contributed by atoms with Gasteiger partial charge in [0.25, 0.3) is 0 Å². The summed E-state index contributed by atoms with van der Waals surface area (Å²) >= 11 is 1.50. The highest BCUT2D eigenvalue weighted by atomic mass is 32.2. The third kappa shape index (κ3) is 4.44. The monoisotopic (exact) mass is 397 g/mol. The van der Waals surface area contributed by atoms with E-state index in [4.69, 9.17) is 4.74 Å². The van der Waals surface area contributed by atoms with Gasteiger partial charge in [0.1, 0.15) is 0 Å². The fraction of sp³-hybridized carbons (Fsp3) is 0.318. The second kappa shape index (κ2) is 8.61. The molecule has 146 valence electrons. The van der Waals surface area contributed by atoms with Crippen molar-refractivity contribution in [2.45, 2.75) is 38.2 Å². The Morgan fingerprint density at radius 3 is 2.64 bits per heavy atom. The standard InChI is InChI=1S/C22H23NO4S/c1-14-8-9-17(12-15(14)2)22(26)16(3)27-21(25)10-11-23-18-6-4-5-7-19(18)28-13-20(23)24/h4-9,12,16H,10-11,13H2,1-3H3/t16-/m0/s1. The first-order valence-corrected chi connectivity index (χ1v) is 10.2. The fourth-order valence-corrected chi connectivity index (χ4v) is 3.98. The molecule has 0 N–H and O–H groups in total. The smallest absolute Gasteiger partial charge is 0.308 e. The number of esters is 1. The molecule has 0 fully saturated rings. The van der Waals surface area contributed by atoms with Crippen LogP contribution in [0.15, 0.2) is 47.4 Å². The molecular weight excluding hydrogens is 374 g/mol. The Kier molecular flexibility index (Phi) is 6.19. The fourth-order valence-electron chi connectivity index (χ4n) is 3.04. The summed E-state index contributed by atoms with van der Waals surface area (Å²) in [5.41, 5.74) is 3.46. The topological polar surface area (TPSA) is 63.7 Å². The molecule has 0 aliphatic carbocycles. The highest BCUT2D eigenvalue weighted by Crippen LogP contribution is 2.34. The van der Waals surface area contributed by atoms with Crippen LogP contribution < -0.4 is 4.90 Å². The van der Waals surface area contributed by atoms with Crippen molar-refractivity contribution < 1.29 is 19.1 Å². The molecule has 5 nitrogen and oxygen atoms in total. The molecule has 1 heterocycles. The molecule has 0 saturated carbocycles. The Morgan fingerprint density at radius 1 is 1.14 bits per heavy atom. The Labute approximate surface area is 169 Å². The Balaban J connectivity index is 1.59. The van der Waals surface area contributed by atoms with Crippen molar-refractivity contribution in [3.8, 4) is 0 Å². The van der Waals surface area contributed by atoms with Crippen molar-refractivity contribution in [3.63, 3.8) is 0 Å². The van der Waals surface area contributed by atoms with E-state index in [0.29, 0.717) is 11.3 Å². The number of para-hydroxylation sites is 1. The quantitative estimate of drug-likeness (QED) is 0.546. The van der Waals surface area contributed by atoms with E-state index >= 15 is 0 Å². The molecule has 0 unspecified atom stereocenters. The molecular formula is C22H23NO4S. The SMILES string of the molecule is Cc1ccc(C(=O)[C@H](C)OC(=O)CCN2C(=O)CSc3ccccc32)cc1C. The molecule has 1 atom stereocenters. The number of carbonyl (C=O) groups excluding carboxylic acids is 3. The minimum atomic E-state index is -0.866. The van der Waals surface area contributed by atoms with Crippen LogP contribution in [0, 0.1) is 13.8 Å². The maximum absolute atomic E-state index is 12.5. The Bertz CT molecular complexity index is 925. The lowest BCUT2D eigenvalue weighted by molar-refractivity contribution is -0.146. The number of rotatable bonds is 6. The molecule has 0 saturated heterocycles. The molecule has 0 aromatic heterocycles. The van der Waals surface area contributed by atoms with Crippen molar-refractivity contribution in [1.29, 1.82) is 0 Å². The number of benzene rings is 2. The third-order valence-electron chi connectivity index (χ3n) is 4.82. The number of carbonyl (C=O) groups is 3. The van der Waals surface area contributed by atoms with Gasteiger partial charge < -0.3 is 9.64 Å². The van der Waals surface area contributed by atoms with Gasteiger partial charge >= 0.3 is 5.97 Å². The van der Waals surface area contributed by atoms with Gasteiger partial charge in [-0.25, -0.2) is 0 Å². The van der Waals surface area contributed by atoms with Gasteiger partial charge in [0.2, 0.25) is 11.7 Å². The molecule has 28 heavy (non-hydrogen) atoms. The van der Waals surface area contributed by atoms with Gasteiger partial charge in [-0.1, -0.05) is 24.3 Å². The second-order valence-electron chi connectivity index (χ2n) is 6.85. The molecule has 1 amide bonds. The number of Topliss-reactive ketones (excluding diaryl/α,β-unsaturated/α-hetero) is 1. The first-order chi connectivity index (χ1) is 13.4. The van der Waals surface area contributed by atoms with E-state index in [-0.39, 0.29) is 24.7 Å². The lowest BCUT2D eigenvalue weighted by Gasteiger charge is -2.28. The minimum Gasteiger partial charge on any atom is -0.454 e. The summed E-state index contributed by atoms with van der Waals surface area (Å²) in [6, 6.07) is 13.1. The number of ether oxygens (including phenoxy) is 1.